The maximum absolute atomic E-state index is 13.5. The van der Waals surface area contributed by atoms with Gasteiger partial charge < -0.3 is 20.3 Å². The van der Waals surface area contributed by atoms with Crippen molar-refractivity contribution in [1.82, 2.24) is 4.90 Å². The summed E-state index contributed by atoms with van der Waals surface area (Å²) in [5.41, 5.74) is 0.275. The molecule has 0 unspecified atom stereocenters. The van der Waals surface area contributed by atoms with Gasteiger partial charge in [-0.3, -0.25) is 24.6 Å². The fourth-order valence-corrected chi connectivity index (χ4v) is 4.67. The highest BCUT2D eigenvalue weighted by Crippen LogP contribution is 2.38. The van der Waals surface area contributed by atoms with Gasteiger partial charge in [0.25, 0.3) is 11.6 Å². The van der Waals surface area contributed by atoms with Crippen LogP contribution in [0.4, 0.5) is 27.5 Å². The number of nitro benzene ring substituents is 1. The fraction of sp³-hybridized carbons (Fsp3) is 0.129. The summed E-state index contributed by atoms with van der Waals surface area (Å²) in [5, 5.41) is 34.2. The molecule has 14 nitrogen and oxygen atoms in total. The quantitative estimate of drug-likeness (QED) is 0.133. The number of aromatic carboxylic acids is 1. The zero-order valence-electron chi connectivity index (χ0n) is 23.9. The predicted octanol–water partition coefficient (Wildman–Crippen LogP) is 4.79. The highest BCUT2D eigenvalue weighted by atomic mass is 16.6. The molecule has 0 aliphatic rings. The van der Waals surface area contributed by atoms with E-state index >= 15 is 0 Å². The number of rotatable bonds is 9. The van der Waals surface area contributed by atoms with E-state index in [0.717, 1.165) is 16.9 Å². The molecule has 4 rings (SSSR count). The number of imide groups is 1. The average Bonchev–Trinajstić information content (AvgIpc) is 3.04. The topological polar surface area (TPSA) is 197 Å². The molecule has 0 heterocycles. The molecule has 0 aromatic heterocycles. The number of carboxylic acids is 2. The molecule has 3 N–H and O–H groups in total. The Bertz CT molecular complexity index is 1820. The van der Waals surface area contributed by atoms with Crippen molar-refractivity contribution < 1.29 is 43.8 Å². The third-order valence-corrected chi connectivity index (χ3v) is 6.79. The number of non-ortho nitro benzene ring substituents is 1. The van der Waals surface area contributed by atoms with Crippen LogP contribution < -0.4 is 10.2 Å². The number of fused-ring (bicyclic) bond motifs is 1. The largest absolute Gasteiger partial charge is 0.478 e. The number of nitro groups is 1. The molecule has 45 heavy (non-hydrogen) atoms. The first-order valence-corrected chi connectivity index (χ1v) is 13.2. The molecule has 0 fully saturated rings. The molecule has 1 atom stereocenters. The second-order valence-electron chi connectivity index (χ2n) is 9.63. The third kappa shape index (κ3) is 6.69. The van der Waals surface area contributed by atoms with Gasteiger partial charge in [-0.05, 0) is 36.8 Å². The normalized spacial score (nSPS) is 11.2. The van der Waals surface area contributed by atoms with Crippen LogP contribution in [0.3, 0.4) is 0 Å². The first kappa shape index (κ1) is 31.6. The summed E-state index contributed by atoms with van der Waals surface area (Å²) in [4.78, 5) is 74.9. The minimum Gasteiger partial charge on any atom is -0.478 e. The van der Waals surface area contributed by atoms with Crippen molar-refractivity contribution >= 4 is 63.4 Å². The number of hydrogen-bond donors (Lipinski definition) is 3. The monoisotopic (exact) mass is 614 g/mol. The number of anilines is 3. The number of methoxy groups -OCH3 is 1. The molecular weight excluding hydrogens is 588 g/mol. The molecule has 0 saturated carbocycles. The van der Waals surface area contributed by atoms with Gasteiger partial charge in [-0.25, -0.2) is 19.3 Å². The van der Waals surface area contributed by atoms with Gasteiger partial charge in [0.05, 0.1) is 35.5 Å². The van der Waals surface area contributed by atoms with E-state index in [9.17, 15) is 44.3 Å². The number of benzene rings is 4. The molecule has 0 aliphatic heterocycles. The second-order valence-corrected chi connectivity index (χ2v) is 9.63. The van der Waals surface area contributed by atoms with Crippen molar-refractivity contribution in [2.24, 2.45) is 0 Å². The summed E-state index contributed by atoms with van der Waals surface area (Å²) in [5.74, 6) is -5.26. The van der Waals surface area contributed by atoms with Gasteiger partial charge in [0.2, 0.25) is 0 Å². The number of carbonyl (C=O) groups excluding carboxylic acids is 3. The van der Waals surface area contributed by atoms with Gasteiger partial charge in [-0.1, -0.05) is 48.5 Å². The smallest absolute Gasteiger partial charge is 0.416 e. The molecule has 14 heteroatoms. The predicted molar refractivity (Wildman–Crippen MR) is 161 cm³/mol. The molecule has 0 spiro atoms. The van der Waals surface area contributed by atoms with Crippen LogP contribution in [0, 0.1) is 10.1 Å². The Balaban J connectivity index is 1.71. The fourth-order valence-electron chi connectivity index (χ4n) is 4.67. The summed E-state index contributed by atoms with van der Waals surface area (Å²) < 4.78 is 4.79. The summed E-state index contributed by atoms with van der Waals surface area (Å²) in [6.45, 7) is 1.27. The van der Waals surface area contributed by atoms with Crippen LogP contribution in [-0.2, 0) is 25.7 Å². The minimum absolute atomic E-state index is 0.0746. The van der Waals surface area contributed by atoms with E-state index in [-0.39, 0.29) is 29.2 Å². The second kappa shape index (κ2) is 13.3. The van der Waals surface area contributed by atoms with E-state index in [1.807, 2.05) is 0 Å². The molecule has 0 radical (unpaired) electrons. The van der Waals surface area contributed by atoms with Gasteiger partial charge >= 0.3 is 23.9 Å². The Kier molecular flexibility index (Phi) is 9.37. The number of nitrogens with one attached hydrogen (secondary N) is 1. The van der Waals surface area contributed by atoms with Crippen molar-refractivity contribution in [2.75, 3.05) is 17.3 Å². The van der Waals surface area contributed by atoms with E-state index < -0.39 is 40.8 Å². The zero-order valence-corrected chi connectivity index (χ0v) is 23.9. The van der Waals surface area contributed by atoms with Crippen molar-refractivity contribution in [3.63, 3.8) is 0 Å². The maximum Gasteiger partial charge on any atom is 0.416 e. The number of carboxylic acid groups (broad SMARTS) is 2. The van der Waals surface area contributed by atoms with E-state index in [1.165, 1.54) is 67.6 Å². The van der Waals surface area contributed by atoms with Crippen molar-refractivity contribution in [3.05, 3.63) is 106 Å². The Morgan fingerprint density at radius 1 is 0.867 bits per heavy atom. The molecule has 4 aromatic carbocycles. The number of ether oxygens (including phenoxy) is 1. The molecule has 0 saturated heterocycles. The van der Waals surface area contributed by atoms with Crippen LogP contribution in [0.5, 0.6) is 0 Å². The van der Waals surface area contributed by atoms with Crippen LogP contribution in [0.15, 0.2) is 84.9 Å². The van der Waals surface area contributed by atoms with Crippen molar-refractivity contribution in [2.45, 2.75) is 19.5 Å². The van der Waals surface area contributed by atoms with Gasteiger partial charge in [0.1, 0.15) is 6.04 Å². The van der Waals surface area contributed by atoms with E-state index in [0.29, 0.717) is 22.0 Å². The average molecular weight is 615 g/mol. The van der Waals surface area contributed by atoms with Crippen molar-refractivity contribution in [1.29, 1.82) is 0 Å². The highest BCUT2D eigenvalue weighted by Gasteiger charge is 2.31. The van der Waals surface area contributed by atoms with E-state index in [1.54, 1.807) is 24.3 Å². The lowest BCUT2D eigenvalue weighted by atomic mass is 10.0. The molecule has 4 aromatic rings. The molecule has 230 valence electrons. The molecule has 0 bridgehead atoms. The standard InChI is InChI=1S/C31H26N4O10/c1-18(27(36)33(31(42)45-2)17-19-11-13-20(14-12-19)35(43)44)32-24-15-16-26(22-8-4-3-7-21(22)24)34(28(37)30(40)41)25-10-6-5-9-23(25)29(38)39/h3-16,18,32H,17H2,1-2H3,(H,38,39)(H,40,41)/t18-/m0/s1. The Morgan fingerprint density at radius 2 is 1.49 bits per heavy atom. The Morgan fingerprint density at radius 3 is 2.09 bits per heavy atom. The lowest BCUT2D eigenvalue weighted by Crippen LogP contribution is -2.44. The molecule has 0 aliphatic carbocycles. The summed E-state index contributed by atoms with van der Waals surface area (Å²) in [6.07, 6.45) is -0.952. The summed E-state index contributed by atoms with van der Waals surface area (Å²) in [7, 11) is 1.11. The van der Waals surface area contributed by atoms with Crippen LogP contribution in [0.2, 0.25) is 0 Å². The van der Waals surface area contributed by atoms with E-state index in [4.69, 9.17) is 4.74 Å². The van der Waals surface area contributed by atoms with Crippen LogP contribution in [0.1, 0.15) is 22.8 Å². The lowest BCUT2D eigenvalue weighted by Gasteiger charge is -2.26. The number of amides is 3. The SMILES string of the molecule is COC(=O)N(Cc1ccc([N+](=O)[O-])cc1)C(=O)[C@H](C)Nc1ccc(N(C(=O)C(=O)O)c2ccccc2C(=O)O)c2ccccc12. The third-order valence-electron chi connectivity index (χ3n) is 6.79. The van der Waals surface area contributed by atoms with Crippen LogP contribution in [-0.4, -0.2) is 63.0 Å². The Hall–Kier alpha value is -6.31. The van der Waals surface area contributed by atoms with Gasteiger partial charge in [-0.15, -0.1) is 0 Å². The first-order chi connectivity index (χ1) is 21.4. The number of aliphatic carboxylic acids is 1. The lowest BCUT2D eigenvalue weighted by molar-refractivity contribution is -0.384. The number of nitrogens with zero attached hydrogens (tertiary/aromatic N) is 3. The van der Waals surface area contributed by atoms with Crippen molar-refractivity contribution in [3.8, 4) is 0 Å². The molecular formula is C31H26N4O10. The Labute approximate surface area is 255 Å². The summed E-state index contributed by atoms with van der Waals surface area (Å²) in [6, 6.07) is 19.2. The zero-order chi connectivity index (χ0) is 32.8. The van der Waals surface area contributed by atoms with Gasteiger partial charge in [-0.2, -0.15) is 0 Å². The first-order valence-electron chi connectivity index (χ1n) is 13.2. The van der Waals surface area contributed by atoms with Gasteiger partial charge in [0, 0.05) is 28.6 Å². The molecule has 3 amide bonds. The highest BCUT2D eigenvalue weighted by molar-refractivity contribution is 6.40. The van der Waals surface area contributed by atoms with Crippen LogP contribution in [0.25, 0.3) is 10.8 Å². The van der Waals surface area contributed by atoms with Crippen LogP contribution >= 0.6 is 0 Å². The summed E-state index contributed by atoms with van der Waals surface area (Å²) >= 11 is 0. The van der Waals surface area contributed by atoms with Gasteiger partial charge in [0.15, 0.2) is 0 Å². The number of carbonyl (C=O) groups is 5. The minimum atomic E-state index is -1.81. The number of hydrogen-bond acceptors (Lipinski definition) is 9. The number of para-hydroxylation sites is 1. The van der Waals surface area contributed by atoms with E-state index in [2.05, 4.69) is 5.32 Å². The maximum atomic E-state index is 13.5.